The molecule has 2 aromatic rings. The second-order valence-electron chi connectivity index (χ2n) is 5.75. The van der Waals surface area contributed by atoms with E-state index in [1.807, 2.05) is 56.3 Å². The number of ether oxygens (including phenoxy) is 2. The molecule has 3 heteroatoms. The highest BCUT2D eigenvalue weighted by Gasteiger charge is 2.37. The quantitative estimate of drug-likeness (QED) is 0.859. The fourth-order valence-corrected chi connectivity index (χ4v) is 2.47. The van der Waals surface area contributed by atoms with Gasteiger partial charge in [-0.25, -0.2) is 0 Å². The second kappa shape index (κ2) is 5.24. The first-order valence-electron chi connectivity index (χ1n) is 7.06. The number of aryl methyl sites for hydroxylation is 1. The van der Waals surface area contributed by atoms with Crippen LogP contribution in [0.4, 0.5) is 0 Å². The molecule has 0 aromatic heterocycles. The van der Waals surface area contributed by atoms with Crippen molar-refractivity contribution in [1.82, 2.24) is 0 Å². The van der Waals surface area contributed by atoms with Crippen molar-refractivity contribution in [1.29, 1.82) is 0 Å². The van der Waals surface area contributed by atoms with Crippen LogP contribution in [0.2, 0.25) is 0 Å². The molecule has 0 saturated carbocycles. The largest absolute Gasteiger partial charge is 0.489 e. The SMILES string of the molecule is Cc1ccc(OCC2(C)CC(=O)c3ccccc3O2)cc1. The van der Waals surface area contributed by atoms with Crippen molar-refractivity contribution in [2.75, 3.05) is 6.61 Å². The predicted octanol–water partition coefficient (Wildman–Crippen LogP) is 3.80. The highest BCUT2D eigenvalue weighted by molar-refractivity contribution is 6.00. The highest BCUT2D eigenvalue weighted by atomic mass is 16.5. The smallest absolute Gasteiger partial charge is 0.170 e. The van der Waals surface area contributed by atoms with Crippen LogP contribution in [0.3, 0.4) is 0 Å². The van der Waals surface area contributed by atoms with Gasteiger partial charge in [-0.2, -0.15) is 0 Å². The lowest BCUT2D eigenvalue weighted by Gasteiger charge is -2.34. The van der Waals surface area contributed by atoms with Crippen molar-refractivity contribution in [3.05, 3.63) is 59.7 Å². The zero-order chi connectivity index (χ0) is 14.9. The number of carbonyl (C=O) groups is 1. The summed E-state index contributed by atoms with van der Waals surface area (Å²) in [6, 6.07) is 15.2. The molecule has 1 atom stereocenters. The van der Waals surface area contributed by atoms with Crippen LogP contribution in [-0.4, -0.2) is 18.0 Å². The van der Waals surface area contributed by atoms with Gasteiger partial charge in [-0.3, -0.25) is 4.79 Å². The van der Waals surface area contributed by atoms with Gasteiger partial charge < -0.3 is 9.47 Å². The maximum Gasteiger partial charge on any atom is 0.170 e. The topological polar surface area (TPSA) is 35.5 Å². The summed E-state index contributed by atoms with van der Waals surface area (Å²) in [7, 11) is 0. The van der Waals surface area contributed by atoms with E-state index in [0.717, 1.165) is 5.75 Å². The number of fused-ring (bicyclic) bond motifs is 1. The number of rotatable bonds is 3. The lowest BCUT2D eigenvalue weighted by Crippen LogP contribution is -2.44. The van der Waals surface area contributed by atoms with Gasteiger partial charge in [0.1, 0.15) is 23.7 Å². The van der Waals surface area contributed by atoms with Gasteiger partial charge in [0.05, 0.1) is 12.0 Å². The van der Waals surface area contributed by atoms with Gasteiger partial charge in [0.2, 0.25) is 0 Å². The molecule has 3 nitrogen and oxygen atoms in total. The van der Waals surface area contributed by atoms with Crippen molar-refractivity contribution < 1.29 is 14.3 Å². The summed E-state index contributed by atoms with van der Waals surface area (Å²) < 4.78 is 11.8. The summed E-state index contributed by atoms with van der Waals surface area (Å²) in [5.41, 5.74) is 1.22. The average Bonchev–Trinajstić information content (AvgIpc) is 2.47. The van der Waals surface area contributed by atoms with Crippen LogP contribution in [0.25, 0.3) is 0 Å². The summed E-state index contributed by atoms with van der Waals surface area (Å²) in [6.07, 6.45) is 0.329. The minimum atomic E-state index is -0.629. The molecule has 0 bridgehead atoms. The van der Waals surface area contributed by atoms with E-state index < -0.39 is 5.60 Å². The van der Waals surface area contributed by atoms with Crippen LogP contribution in [0.1, 0.15) is 29.3 Å². The van der Waals surface area contributed by atoms with Crippen LogP contribution in [0.5, 0.6) is 11.5 Å². The molecule has 1 unspecified atom stereocenters. The lowest BCUT2D eigenvalue weighted by atomic mass is 9.92. The Kier molecular flexibility index (Phi) is 3.42. The van der Waals surface area contributed by atoms with Gasteiger partial charge in [0.25, 0.3) is 0 Å². The number of ketones is 1. The predicted molar refractivity (Wildman–Crippen MR) is 81.1 cm³/mol. The number of hydrogen-bond donors (Lipinski definition) is 0. The third-order valence-electron chi connectivity index (χ3n) is 3.64. The van der Waals surface area contributed by atoms with Gasteiger partial charge >= 0.3 is 0 Å². The molecule has 0 radical (unpaired) electrons. The van der Waals surface area contributed by atoms with E-state index >= 15 is 0 Å². The molecule has 0 fully saturated rings. The molecule has 1 aliphatic heterocycles. The first-order chi connectivity index (χ1) is 10.1. The molecule has 2 aromatic carbocycles. The van der Waals surface area contributed by atoms with Gasteiger partial charge in [-0.1, -0.05) is 29.8 Å². The molecule has 0 aliphatic carbocycles. The molecular weight excluding hydrogens is 264 g/mol. The maximum absolute atomic E-state index is 12.2. The van der Waals surface area contributed by atoms with Crippen LogP contribution in [-0.2, 0) is 0 Å². The Hall–Kier alpha value is -2.29. The monoisotopic (exact) mass is 282 g/mol. The van der Waals surface area contributed by atoms with Crippen LogP contribution < -0.4 is 9.47 Å². The summed E-state index contributed by atoms with van der Waals surface area (Å²) >= 11 is 0. The average molecular weight is 282 g/mol. The van der Waals surface area contributed by atoms with Gasteiger partial charge in [0, 0.05) is 0 Å². The Labute approximate surface area is 124 Å². The molecular formula is C18H18O3. The molecule has 0 spiro atoms. The van der Waals surface area contributed by atoms with E-state index in [1.165, 1.54) is 5.56 Å². The summed E-state index contributed by atoms with van der Waals surface area (Å²) in [5, 5.41) is 0. The molecule has 1 heterocycles. The molecule has 3 rings (SSSR count). The number of para-hydroxylation sites is 1. The van der Waals surface area contributed by atoms with E-state index in [0.29, 0.717) is 24.3 Å². The van der Waals surface area contributed by atoms with E-state index in [2.05, 4.69) is 0 Å². The molecule has 1 aliphatic rings. The van der Waals surface area contributed by atoms with Gasteiger partial charge in [-0.15, -0.1) is 0 Å². The van der Waals surface area contributed by atoms with Gasteiger partial charge in [0.15, 0.2) is 5.78 Å². The van der Waals surface area contributed by atoms with E-state index in [-0.39, 0.29) is 5.78 Å². The second-order valence-corrected chi connectivity index (χ2v) is 5.75. The Morgan fingerprint density at radius 3 is 2.62 bits per heavy atom. The Morgan fingerprint density at radius 2 is 1.86 bits per heavy atom. The minimum Gasteiger partial charge on any atom is -0.489 e. The van der Waals surface area contributed by atoms with Crippen molar-refractivity contribution in [2.45, 2.75) is 25.9 Å². The fourth-order valence-electron chi connectivity index (χ4n) is 2.47. The van der Waals surface area contributed by atoms with E-state index in [4.69, 9.17) is 9.47 Å². The number of Topliss-reactive ketones (excluding diaryl/α,β-unsaturated/α-hetero) is 1. The summed E-state index contributed by atoms with van der Waals surface area (Å²) in [6.45, 7) is 4.29. The molecule has 0 saturated heterocycles. The van der Waals surface area contributed by atoms with Crippen LogP contribution in [0, 0.1) is 6.92 Å². The number of hydrogen-bond acceptors (Lipinski definition) is 3. The minimum absolute atomic E-state index is 0.104. The lowest BCUT2D eigenvalue weighted by molar-refractivity contribution is 0.0190. The summed E-state index contributed by atoms with van der Waals surface area (Å²) in [4.78, 5) is 12.2. The van der Waals surface area contributed by atoms with Crippen molar-refractivity contribution in [3.63, 3.8) is 0 Å². The van der Waals surface area contributed by atoms with Gasteiger partial charge in [-0.05, 0) is 38.1 Å². The first kappa shape index (κ1) is 13.7. The molecule has 0 amide bonds. The van der Waals surface area contributed by atoms with Crippen LogP contribution in [0.15, 0.2) is 48.5 Å². The zero-order valence-corrected chi connectivity index (χ0v) is 12.3. The molecule has 108 valence electrons. The normalized spacial score (nSPS) is 20.6. The Morgan fingerprint density at radius 1 is 1.14 bits per heavy atom. The van der Waals surface area contributed by atoms with E-state index in [1.54, 1.807) is 6.07 Å². The Balaban J connectivity index is 1.74. The number of carbonyl (C=O) groups excluding carboxylic acids is 1. The third-order valence-corrected chi connectivity index (χ3v) is 3.64. The molecule has 0 N–H and O–H groups in total. The van der Waals surface area contributed by atoms with Crippen molar-refractivity contribution in [3.8, 4) is 11.5 Å². The number of benzene rings is 2. The summed E-state index contributed by atoms with van der Waals surface area (Å²) in [5.74, 6) is 1.53. The standard InChI is InChI=1S/C18H18O3/c1-13-7-9-14(10-8-13)20-12-18(2)11-16(19)15-5-3-4-6-17(15)21-18/h3-10H,11-12H2,1-2H3. The van der Waals surface area contributed by atoms with Crippen molar-refractivity contribution in [2.24, 2.45) is 0 Å². The highest BCUT2D eigenvalue weighted by Crippen LogP contribution is 2.33. The maximum atomic E-state index is 12.2. The van der Waals surface area contributed by atoms with Crippen molar-refractivity contribution >= 4 is 5.78 Å². The third kappa shape index (κ3) is 2.92. The first-order valence-corrected chi connectivity index (χ1v) is 7.06. The zero-order valence-electron chi connectivity index (χ0n) is 12.3. The Bertz CT molecular complexity index is 660. The van der Waals surface area contributed by atoms with Crippen LogP contribution >= 0.6 is 0 Å². The fraction of sp³-hybridized carbons (Fsp3) is 0.278. The molecule has 21 heavy (non-hydrogen) atoms. The van der Waals surface area contributed by atoms with E-state index in [9.17, 15) is 4.79 Å².